The molecule has 0 saturated heterocycles. The number of nitrogens with zero attached hydrogens (tertiary/aromatic N) is 3. The highest BCUT2D eigenvalue weighted by Crippen LogP contribution is 2.35. The van der Waals surface area contributed by atoms with Gasteiger partial charge in [0.05, 0.1) is 24.6 Å². The summed E-state index contributed by atoms with van der Waals surface area (Å²) in [7, 11) is 1.35. The number of carbonyl (C=O) groups is 1. The van der Waals surface area contributed by atoms with Crippen molar-refractivity contribution < 1.29 is 9.53 Å². The van der Waals surface area contributed by atoms with Gasteiger partial charge < -0.3 is 4.74 Å². The average Bonchev–Trinajstić information content (AvgIpc) is 3.01. The van der Waals surface area contributed by atoms with Gasteiger partial charge in [0.1, 0.15) is 0 Å². The zero-order chi connectivity index (χ0) is 18.3. The fourth-order valence-corrected chi connectivity index (χ4v) is 4.80. The first kappa shape index (κ1) is 16.9. The lowest BCUT2D eigenvalue weighted by atomic mass is 9.89. The van der Waals surface area contributed by atoms with Gasteiger partial charge in [-0.3, -0.25) is 4.79 Å². The van der Waals surface area contributed by atoms with E-state index in [1.165, 1.54) is 16.7 Å². The van der Waals surface area contributed by atoms with Crippen LogP contribution in [0.25, 0.3) is 10.2 Å². The first-order valence-electron chi connectivity index (χ1n) is 8.62. The van der Waals surface area contributed by atoms with Crippen molar-refractivity contribution in [2.45, 2.75) is 32.7 Å². The number of hydrogen-bond acceptors (Lipinski definition) is 6. The van der Waals surface area contributed by atoms with Crippen LogP contribution in [0.15, 0.2) is 29.1 Å². The van der Waals surface area contributed by atoms with Crippen LogP contribution in [0.5, 0.6) is 0 Å². The minimum Gasteiger partial charge on any atom is -0.465 e. The summed E-state index contributed by atoms with van der Waals surface area (Å²) in [5, 5.41) is 9.11. The topological polar surface area (TPSA) is 74.1 Å². The summed E-state index contributed by atoms with van der Waals surface area (Å²) in [4.78, 5) is 26.7. The standard InChI is InChI=1S/C19H19N3O3S/c1-11-6-7-14-15(8-11)26-17-16(14)18(23)22(21-20-17)10-12-4-3-5-13(9-12)19(24)25-2/h3-5,9,11H,6-8,10H2,1-2H3. The smallest absolute Gasteiger partial charge is 0.337 e. The lowest BCUT2D eigenvalue weighted by molar-refractivity contribution is 0.0600. The quantitative estimate of drug-likeness (QED) is 0.664. The third-order valence-corrected chi connectivity index (χ3v) is 6.00. The highest BCUT2D eigenvalue weighted by atomic mass is 32.1. The zero-order valence-electron chi connectivity index (χ0n) is 14.7. The second-order valence-electron chi connectivity index (χ2n) is 6.78. The molecule has 7 heteroatoms. The van der Waals surface area contributed by atoms with Crippen LogP contribution in [0.4, 0.5) is 0 Å². The maximum Gasteiger partial charge on any atom is 0.337 e. The van der Waals surface area contributed by atoms with Crippen LogP contribution >= 0.6 is 11.3 Å². The Kier molecular flexibility index (Phi) is 4.32. The Bertz CT molecular complexity index is 1050. The van der Waals surface area contributed by atoms with Crippen molar-refractivity contribution in [3.8, 4) is 0 Å². The molecule has 2 aromatic heterocycles. The van der Waals surface area contributed by atoms with Crippen molar-refractivity contribution >= 4 is 27.5 Å². The van der Waals surface area contributed by atoms with E-state index in [2.05, 4.69) is 17.2 Å². The van der Waals surface area contributed by atoms with Crippen molar-refractivity contribution in [2.75, 3.05) is 7.11 Å². The molecule has 2 heterocycles. The molecule has 4 rings (SSSR count). The molecule has 0 bridgehead atoms. The third-order valence-electron chi connectivity index (χ3n) is 4.87. The number of ether oxygens (including phenoxy) is 1. The molecule has 1 atom stereocenters. The molecule has 0 aliphatic heterocycles. The number of thiophene rings is 1. The molecular weight excluding hydrogens is 350 g/mol. The molecule has 0 amide bonds. The van der Waals surface area contributed by atoms with Crippen molar-refractivity contribution in [3.63, 3.8) is 0 Å². The van der Waals surface area contributed by atoms with Crippen LogP contribution in [0.1, 0.15) is 39.7 Å². The molecule has 0 radical (unpaired) electrons. The minimum atomic E-state index is -0.401. The van der Waals surface area contributed by atoms with Crippen LogP contribution < -0.4 is 5.56 Å². The molecule has 1 aromatic carbocycles. The number of benzene rings is 1. The Balaban J connectivity index is 1.73. The number of fused-ring (bicyclic) bond motifs is 3. The predicted octanol–water partition coefficient (Wildman–Crippen LogP) is 2.81. The number of hydrogen-bond donors (Lipinski definition) is 0. The number of aromatic nitrogens is 3. The Morgan fingerprint density at radius 3 is 3.08 bits per heavy atom. The zero-order valence-corrected chi connectivity index (χ0v) is 15.5. The van der Waals surface area contributed by atoms with Gasteiger partial charge in [0.2, 0.25) is 0 Å². The Hall–Kier alpha value is -2.54. The molecule has 0 N–H and O–H groups in total. The number of rotatable bonds is 3. The second-order valence-corrected chi connectivity index (χ2v) is 7.86. The first-order valence-corrected chi connectivity index (χ1v) is 9.43. The molecule has 134 valence electrons. The first-order chi connectivity index (χ1) is 12.6. The molecule has 0 saturated carbocycles. The Morgan fingerprint density at radius 2 is 2.27 bits per heavy atom. The SMILES string of the molecule is COC(=O)c1cccc(Cn2nnc3sc4c(c3c2=O)CCC(C)C4)c1. The third kappa shape index (κ3) is 2.92. The summed E-state index contributed by atoms with van der Waals surface area (Å²) in [5.41, 5.74) is 2.31. The normalized spacial score (nSPS) is 16.5. The molecule has 1 aliphatic carbocycles. The monoisotopic (exact) mass is 369 g/mol. The van der Waals surface area contributed by atoms with E-state index in [4.69, 9.17) is 4.74 Å². The Labute approximate surface area is 154 Å². The molecule has 1 unspecified atom stereocenters. The van der Waals surface area contributed by atoms with Gasteiger partial charge in [0, 0.05) is 4.88 Å². The molecule has 3 aromatic rings. The molecule has 0 fully saturated rings. The summed E-state index contributed by atoms with van der Waals surface area (Å²) < 4.78 is 6.13. The van der Waals surface area contributed by atoms with Crippen LogP contribution in [-0.4, -0.2) is 28.1 Å². The van der Waals surface area contributed by atoms with E-state index >= 15 is 0 Å². The van der Waals surface area contributed by atoms with E-state index < -0.39 is 5.97 Å². The van der Waals surface area contributed by atoms with Crippen LogP contribution in [0.3, 0.4) is 0 Å². The van der Waals surface area contributed by atoms with Gasteiger partial charge >= 0.3 is 5.97 Å². The lowest BCUT2D eigenvalue weighted by Crippen LogP contribution is -2.25. The minimum absolute atomic E-state index is 0.106. The molecule has 1 aliphatic rings. The van der Waals surface area contributed by atoms with Gasteiger partial charge in [-0.25, -0.2) is 9.48 Å². The van der Waals surface area contributed by atoms with E-state index in [1.807, 2.05) is 6.07 Å². The number of carbonyl (C=O) groups excluding carboxylic acids is 1. The van der Waals surface area contributed by atoms with E-state index in [1.54, 1.807) is 29.5 Å². The number of esters is 1. The summed E-state index contributed by atoms with van der Waals surface area (Å²) in [5.74, 6) is 0.244. The second kappa shape index (κ2) is 6.64. The Morgan fingerprint density at radius 1 is 1.42 bits per heavy atom. The largest absolute Gasteiger partial charge is 0.465 e. The molecule has 26 heavy (non-hydrogen) atoms. The van der Waals surface area contributed by atoms with Crippen LogP contribution in [0, 0.1) is 5.92 Å². The van der Waals surface area contributed by atoms with Gasteiger partial charge in [-0.2, -0.15) is 0 Å². The predicted molar refractivity (Wildman–Crippen MR) is 99.7 cm³/mol. The molecule has 0 spiro atoms. The van der Waals surface area contributed by atoms with Gasteiger partial charge in [-0.1, -0.05) is 24.3 Å². The van der Waals surface area contributed by atoms with Crippen LogP contribution in [-0.2, 0) is 24.1 Å². The van der Waals surface area contributed by atoms with E-state index in [0.29, 0.717) is 11.5 Å². The fourth-order valence-electron chi connectivity index (χ4n) is 3.48. The van der Waals surface area contributed by atoms with Crippen molar-refractivity contribution in [1.82, 2.24) is 15.0 Å². The average molecular weight is 369 g/mol. The van der Waals surface area contributed by atoms with Crippen molar-refractivity contribution in [2.24, 2.45) is 5.92 Å². The number of methoxy groups -OCH3 is 1. The molecule has 6 nitrogen and oxygen atoms in total. The summed E-state index contributed by atoms with van der Waals surface area (Å²) in [6.07, 6.45) is 3.04. The highest BCUT2D eigenvalue weighted by Gasteiger charge is 2.23. The molecular formula is C19H19N3O3S. The maximum absolute atomic E-state index is 13.0. The lowest BCUT2D eigenvalue weighted by Gasteiger charge is -2.17. The van der Waals surface area contributed by atoms with E-state index in [9.17, 15) is 9.59 Å². The summed E-state index contributed by atoms with van der Waals surface area (Å²) in [6, 6.07) is 7.03. The summed E-state index contributed by atoms with van der Waals surface area (Å²) >= 11 is 1.59. The van der Waals surface area contributed by atoms with Crippen molar-refractivity contribution in [1.29, 1.82) is 0 Å². The van der Waals surface area contributed by atoms with Gasteiger partial charge in [0.15, 0.2) is 4.83 Å². The van der Waals surface area contributed by atoms with Crippen LogP contribution in [0.2, 0.25) is 0 Å². The number of aryl methyl sites for hydroxylation is 1. The van der Waals surface area contributed by atoms with E-state index in [-0.39, 0.29) is 12.1 Å². The van der Waals surface area contributed by atoms with Crippen molar-refractivity contribution in [3.05, 3.63) is 56.2 Å². The maximum atomic E-state index is 13.0. The van der Waals surface area contributed by atoms with Gasteiger partial charge in [-0.05, 0) is 48.4 Å². The fraction of sp³-hybridized carbons (Fsp3) is 0.368. The van der Waals surface area contributed by atoms with Gasteiger partial charge in [0.25, 0.3) is 5.56 Å². The highest BCUT2D eigenvalue weighted by molar-refractivity contribution is 7.18. The van der Waals surface area contributed by atoms with Gasteiger partial charge in [-0.15, -0.1) is 16.4 Å². The summed E-state index contributed by atoms with van der Waals surface area (Å²) in [6.45, 7) is 2.51. The van der Waals surface area contributed by atoms with E-state index in [0.717, 1.165) is 40.6 Å².